The molecular weight excluding hydrogens is 325 g/mol. The third-order valence-corrected chi connectivity index (χ3v) is 12.5. The van der Waals surface area contributed by atoms with Crippen molar-refractivity contribution in [3.63, 3.8) is 0 Å². The summed E-state index contributed by atoms with van der Waals surface area (Å²) in [5, 5.41) is 9.15. The molecule has 2 aromatic carbocycles. The summed E-state index contributed by atoms with van der Waals surface area (Å²) in [5.74, 6) is 1.51. The van der Waals surface area contributed by atoms with Crippen LogP contribution in [0.4, 0.5) is 5.69 Å². The van der Waals surface area contributed by atoms with Gasteiger partial charge in [-0.1, -0.05) is 0 Å². The van der Waals surface area contributed by atoms with E-state index in [-0.39, 0.29) is 0 Å². The first-order valence-electron chi connectivity index (χ1n) is 9.27. The number of hydrazone groups is 1. The molecule has 0 fully saturated rings. The number of rotatable bonds is 2. The summed E-state index contributed by atoms with van der Waals surface area (Å²) in [4.78, 5) is 2.58. The van der Waals surface area contributed by atoms with Gasteiger partial charge in [-0.2, -0.15) is 0 Å². The van der Waals surface area contributed by atoms with Crippen molar-refractivity contribution in [1.29, 1.82) is 0 Å². The molecule has 4 heteroatoms. The maximum absolute atomic E-state index is 5.17. The van der Waals surface area contributed by atoms with Gasteiger partial charge >= 0.3 is 150 Å². The van der Waals surface area contributed by atoms with Crippen LogP contribution in [0.2, 0.25) is 0 Å². The summed E-state index contributed by atoms with van der Waals surface area (Å²) in [6, 6.07) is 16.1. The van der Waals surface area contributed by atoms with E-state index in [2.05, 4.69) is 86.5 Å². The van der Waals surface area contributed by atoms with E-state index in [4.69, 9.17) is 5.10 Å². The van der Waals surface area contributed by atoms with Crippen LogP contribution in [0.1, 0.15) is 26.3 Å². The molecule has 3 aliphatic heterocycles. The van der Waals surface area contributed by atoms with Gasteiger partial charge in [0.2, 0.25) is 0 Å². The van der Waals surface area contributed by atoms with E-state index in [9.17, 15) is 0 Å². The van der Waals surface area contributed by atoms with Crippen LogP contribution >= 0.6 is 6.60 Å². The number of anilines is 1. The third kappa shape index (κ3) is 1.59. The van der Waals surface area contributed by atoms with Gasteiger partial charge in [0.15, 0.2) is 0 Å². The Bertz CT molecular complexity index is 944. The van der Waals surface area contributed by atoms with E-state index in [1.165, 1.54) is 28.5 Å². The van der Waals surface area contributed by atoms with Crippen molar-refractivity contribution >= 4 is 23.4 Å². The van der Waals surface area contributed by atoms with Crippen LogP contribution < -0.4 is 10.2 Å². The van der Waals surface area contributed by atoms with Crippen molar-refractivity contribution in [2.75, 3.05) is 24.4 Å². The average molecular weight is 351 g/mol. The topological polar surface area (TPSA) is 18.8 Å². The van der Waals surface area contributed by atoms with Crippen LogP contribution in [0.3, 0.4) is 0 Å². The van der Waals surface area contributed by atoms with E-state index < -0.39 is 6.60 Å². The van der Waals surface area contributed by atoms with Crippen molar-refractivity contribution in [3.05, 3.63) is 48.0 Å². The summed E-state index contributed by atoms with van der Waals surface area (Å²) in [5.41, 5.74) is 5.41. The normalized spacial score (nSPS) is 25.3. The predicted molar refractivity (Wildman–Crippen MR) is 111 cm³/mol. The van der Waals surface area contributed by atoms with Crippen molar-refractivity contribution < 1.29 is 0 Å². The van der Waals surface area contributed by atoms with Crippen LogP contribution in [-0.4, -0.2) is 42.3 Å². The molecule has 0 amide bonds. The first-order valence-corrected chi connectivity index (χ1v) is 12.7. The van der Waals surface area contributed by atoms with Gasteiger partial charge in [0.1, 0.15) is 0 Å². The van der Waals surface area contributed by atoms with Gasteiger partial charge in [-0.05, 0) is 0 Å². The quantitative estimate of drug-likeness (QED) is 0.751. The molecule has 0 saturated heterocycles. The fraction of sp³-hybridized carbons (Fsp3) is 0.381. The van der Waals surface area contributed by atoms with Crippen molar-refractivity contribution in [3.8, 4) is 11.1 Å². The molecular formula is C21H26N3P. The van der Waals surface area contributed by atoms with E-state index in [1.54, 1.807) is 5.30 Å². The number of hydrogen-bond acceptors (Lipinski definition) is 3. The van der Waals surface area contributed by atoms with Crippen LogP contribution in [0, 0.1) is 0 Å². The van der Waals surface area contributed by atoms with E-state index in [0.29, 0.717) is 11.9 Å². The first-order chi connectivity index (χ1) is 11.9. The van der Waals surface area contributed by atoms with Crippen LogP contribution in [-0.2, 0) is 0 Å². The Hall–Kier alpha value is -1.86. The molecule has 0 N–H and O–H groups in total. The number of fused-ring (bicyclic) bond motifs is 3. The Morgan fingerprint density at radius 3 is 2.36 bits per heavy atom. The predicted octanol–water partition coefficient (Wildman–Crippen LogP) is 4.31. The zero-order valence-electron chi connectivity index (χ0n) is 15.7. The molecule has 0 spiro atoms. The fourth-order valence-electron chi connectivity index (χ4n) is 4.94. The number of amidine groups is 1. The molecule has 3 heterocycles. The first kappa shape index (κ1) is 15.4. The molecule has 0 radical (unpaired) electrons. The Labute approximate surface area is 150 Å². The molecule has 0 saturated carbocycles. The van der Waals surface area contributed by atoms with Gasteiger partial charge in [-0.3, -0.25) is 0 Å². The summed E-state index contributed by atoms with van der Waals surface area (Å²) < 4.78 is 0. The molecule has 3 nitrogen and oxygen atoms in total. The second-order valence-electron chi connectivity index (χ2n) is 8.66. The number of hydrogen-bond donors (Lipinski definition) is 0. The third-order valence-electron chi connectivity index (χ3n) is 6.65. The molecule has 3 aliphatic rings. The fourth-order valence-corrected chi connectivity index (χ4v) is 9.40. The molecule has 1 unspecified atom stereocenters. The average Bonchev–Trinajstić information content (AvgIpc) is 3.12. The van der Waals surface area contributed by atoms with Crippen LogP contribution in [0.15, 0.2) is 47.6 Å². The molecule has 1 atom stereocenters. The van der Waals surface area contributed by atoms with Crippen LogP contribution in [0.25, 0.3) is 11.1 Å². The Morgan fingerprint density at radius 1 is 1.00 bits per heavy atom. The van der Waals surface area contributed by atoms with Gasteiger partial charge in [0.25, 0.3) is 0 Å². The summed E-state index contributed by atoms with van der Waals surface area (Å²) in [6.45, 7) is 9.86. The number of para-hydroxylation sites is 1. The second-order valence-corrected chi connectivity index (χ2v) is 15.3. The molecule has 0 aromatic heterocycles. The Kier molecular flexibility index (Phi) is 2.74. The Morgan fingerprint density at radius 2 is 1.68 bits per heavy atom. The second kappa shape index (κ2) is 4.45. The van der Waals surface area contributed by atoms with E-state index in [1.807, 2.05) is 0 Å². The zero-order chi connectivity index (χ0) is 17.6. The van der Waals surface area contributed by atoms with Gasteiger partial charge in [-0.15, -0.1) is 0 Å². The van der Waals surface area contributed by atoms with Gasteiger partial charge in [0.05, 0.1) is 0 Å². The molecule has 2 aromatic rings. The maximum atomic E-state index is 5.17. The van der Waals surface area contributed by atoms with E-state index >= 15 is 0 Å². The standard InChI is InChI=1S/C21H26N3P/c1-6-25(4,5)18-13-9-12-16-15-10-7-8-11-17(15)20-22-24(14(2)3)21(25)23(20)19(16)18/h7-14,21H,6H2,1-5H3. The monoisotopic (exact) mass is 351 g/mol. The Balaban J connectivity index is 1.93. The van der Waals surface area contributed by atoms with Crippen molar-refractivity contribution in [1.82, 2.24) is 5.01 Å². The van der Waals surface area contributed by atoms with Gasteiger partial charge in [-0.25, -0.2) is 0 Å². The van der Waals surface area contributed by atoms with Crippen LogP contribution in [0.5, 0.6) is 0 Å². The summed E-state index contributed by atoms with van der Waals surface area (Å²) in [6.07, 6.45) is 1.20. The minimum atomic E-state index is -2.17. The molecule has 25 heavy (non-hydrogen) atoms. The van der Waals surface area contributed by atoms with Gasteiger partial charge in [0, 0.05) is 0 Å². The SMILES string of the molecule is CCP1(C)(C)c2cccc3c2N2C(=NN(C(C)C)C21)c1ccccc1-3. The van der Waals surface area contributed by atoms with Crippen molar-refractivity contribution in [2.45, 2.75) is 32.7 Å². The minimum absolute atomic E-state index is 0.357. The molecule has 130 valence electrons. The van der Waals surface area contributed by atoms with E-state index in [0.717, 1.165) is 5.84 Å². The van der Waals surface area contributed by atoms with Gasteiger partial charge < -0.3 is 0 Å². The zero-order valence-corrected chi connectivity index (χ0v) is 16.6. The number of nitrogens with zero attached hydrogens (tertiary/aromatic N) is 3. The summed E-state index contributed by atoms with van der Waals surface area (Å²) >= 11 is 0. The van der Waals surface area contributed by atoms with Crippen molar-refractivity contribution in [2.24, 2.45) is 5.10 Å². The number of benzene rings is 2. The summed E-state index contributed by atoms with van der Waals surface area (Å²) in [7, 11) is 0. The molecule has 0 aliphatic carbocycles. The molecule has 0 bridgehead atoms. The molecule has 5 rings (SSSR count).